The van der Waals surface area contributed by atoms with Crippen LogP contribution in [0.4, 0.5) is 5.69 Å². The van der Waals surface area contributed by atoms with Gasteiger partial charge in [-0.25, -0.2) is 0 Å². The topological polar surface area (TPSA) is 42.2 Å². The van der Waals surface area contributed by atoms with Crippen LogP contribution in [0.5, 0.6) is 0 Å². The van der Waals surface area contributed by atoms with Crippen molar-refractivity contribution >= 4 is 22.9 Å². The summed E-state index contributed by atoms with van der Waals surface area (Å²) < 4.78 is 0. The Hall–Kier alpha value is -1.16. The summed E-state index contributed by atoms with van der Waals surface area (Å²) in [6.07, 6.45) is 3.91. The minimum atomic E-state index is 0.355. The maximum absolute atomic E-state index is 5.68. The summed E-state index contributed by atoms with van der Waals surface area (Å²) in [6.45, 7) is 4.36. The maximum atomic E-state index is 5.68. The minimum absolute atomic E-state index is 0.355. The van der Waals surface area contributed by atoms with Gasteiger partial charge in [0.1, 0.15) is 10.7 Å². The Morgan fingerprint density at radius 1 is 1.50 bits per heavy atom. The van der Waals surface area contributed by atoms with E-state index in [1.54, 1.807) is 6.20 Å². The van der Waals surface area contributed by atoms with E-state index < -0.39 is 0 Å². The molecule has 0 fully saturated rings. The van der Waals surface area contributed by atoms with Crippen LogP contribution in [0, 0.1) is 0 Å². The van der Waals surface area contributed by atoms with Gasteiger partial charge < -0.3 is 10.6 Å². The number of thiocarbonyl (C=S) groups is 1. The van der Waals surface area contributed by atoms with Gasteiger partial charge in [0, 0.05) is 19.3 Å². The average Bonchev–Trinajstić information content (AvgIpc) is 2.30. The number of nitrogens with zero attached hydrogens (tertiary/aromatic N) is 2. The van der Waals surface area contributed by atoms with Gasteiger partial charge >= 0.3 is 0 Å². The fourth-order valence-electron chi connectivity index (χ4n) is 1.90. The lowest BCUT2D eigenvalue weighted by molar-refractivity contribution is 0.591. The summed E-state index contributed by atoms with van der Waals surface area (Å²) >= 11 is 5.02. The number of hydrogen-bond donors (Lipinski definition) is 1. The van der Waals surface area contributed by atoms with E-state index in [9.17, 15) is 0 Å². The molecule has 88 valence electrons. The molecule has 0 radical (unpaired) electrons. The lowest BCUT2D eigenvalue weighted by Crippen LogP contribution is -2.32. The fraction of sp³-hybridized carbons (Fsp3) is 0.500. The largest absolute Gasteiger partial charge is 0.388 e. The van der Waals surface area contributed by atoms with E-state index in [0.29, 0.717) is 16.7 Å². The Morgan fingerprint density at radius 3 is 2.62 bits per heavy atom. The molecule has 16 heavy (non-hydrogen) atoms. The van der Waals surface area contributed by atoms with Crippen molar-refractivity contribution in [3.05, 3.63) is 24.0 Å². The molecule has 0 amide bonds. The predicted molar refractivity (Wildman–Crippen MR) is 72.9 cm³/mol. The number of pyridine rings is 1. The van der Waals surface area contributed by atoms with Crippen molar-refractivity contribution in [2.24, 2.45) is 5.73 Å². The number of aromatic nitrogens is 1. The molecule has 0 saturated carbocycles. The molecule has 0 atom stereocenters. The first-order valence-electron chi connectivity index (χ1n) is 5.59. The second-order valence-electron chi connectivity index (χ2n) is 3.82. The molecule has 2 N–H and O–H groups in total. The molecule has 1 rings (SSSR count). The molecule has 0 aliphatic carbocycles. The van der Waals surface area contributed by atoms with Crippen molar-refractivity contribution in [3.8, 4) is 0 Å². The lowest BCUT2D eigenvalue weighted by Gasteiger charge is -2.29. The van der Waals surface area contributed by atoms with Crippen LogP contribution in [0.2, 0.25) is 0 Å². The highest BCUT2D eigenvalue weighted by atomic mass is 32.1. The zero-order chi connectivity index (χ0) is 12.1. The maximum Gasteiger partial charge on any atom is 0.124 e. The highest BCUT2D eigenvalue weighted by Crippen LogP contribution is 2.21. The van der Waals surface area contributed by atoms with E-state index in [-0.39, 0.29) is 0 Å². The normalized spacial score (nSPS) is 10.5. The number of hydrogen-bond acceptors (Lipinski definition) is 3. The van der Waals surface area contributed by atoms with Crippen LogP contribution in [0.3, 0.4) is 0 Å². The Morgan fingerprint density at radius 2 is 2.12 bits per heavy atom. The van der Waals surface area contributed by atoms with E-state index in [2.05, 4.69) is 30.8 Å². The van der Waals surface area contributed by atoms with Gasteiger partial charge in [-0.15, -0.1) is 0 Å². The molecular formula is C12H19N3S. The minimum Gasteiger partial charge on any atom is -0.388 e. The molecule has 1 aromatic heterocycles. The van der Waals surface area contributed by atoms with Gasteiger partial charge in [-0.2, -0.15) is 0 Å². The van der Waals surface area contributed by atoms with Crippen molar-refractivity contribution in [2.45, 2.75) is 32.7 Å². The third-order valence-corrected chi connectivity index (χ3v) is 3.08. The number of anilines is 1. The van der Waals surface area contributed by atoms with Crippen LogP contribution >= 0.6 is 12.2 Å². The van der Waals surface area contributed by atoms with E-state index in [0.717, 1.165) is 18.5 Å². The van der Waals surface area contributed by atoms with E-state index >= 15 is 0 Å². The number of nitrogens with two attached hydrogens (primary N) is 1. The molecule has 0 unspecified atom stereocenters. The number of rotatable bonds is 5. The van der Waals surface area contributed by atoms with E-state index in [4.69, 9.17) is 18.0 Å². The second kappa shape index (κ2) is 5.80. The Labute approximate surface area is 103 Å². The van der Waals surface area contributed by atoms with Gasteiger partial charge in [-0.05, 0) is 25.0 Å². The smallest absolute Gasteiger partial charge is 0.124 e. The monoisotopic (exact) mass is 237 g/mol. The summed E-state index contributed by atoms with van der Waals surface area (Å²) in [5, 5.41) is 0. The zero-order valence-corrected chi connectivity index (χ0v) is 10.9. The molecule has 0 aromatic carbocycles. The molecule has 0 bridgehead atoms. The molecule has 3 nitrogen and oxygen atoms in total. The van der Waals surface area contributed by atoms with Crippen LogP contribution in [0.1, 0.15) is 32.4 Å². The zero-order valence-electron chi connectivity index (χ0n) is 10.1. The predicted octanol–water partition coefficient (Wildman–Crippen LogP) is 2.34. The highest BCUT2D eigenvalue weighted by molar-refractivity contribution is 7.80. The molecule has 0 aliphatic rings. The van der Waals surface area contributed by atoms with E-state index in [1.165, 1.54) is 0 Å². The second-order valence-corrected chi connectivity index (χ2v) is 4.26. The van der Waals surface area contributed by atoms with Gasteiger partial charge in [0.05, 0.1) is 5.69 Å². The van der Waals surface area contributed by atoms with Gasteiger partial charge in [0.15, 0.2) is 0 Å². The third-order valence-electron chi connectivity index (χ3n) is 2.89. The van der Waals surface area contributed by atoms with Gasteiger partial charge in [-0.1, -0.05) is 26.1 Å². The quantitative estimate of drug-likeness (QED) is 0.798. The molecule has 1 aromatic rings. The summed E-state index contributed by atoms with van der Waals surface area (Å²) in [6, 6.07) is 4.42. The van der Waals surface area contributed by atoms with Gasteiger partial charge in [0.2, 0.25) is 0 Å². The van der Waals surface area contributed by atoms with Crippen molar-refractivity contribution in [1.82, 2.24) is 4.98 Å². The van der Waals surface area contributed by atoms with Crippen molar-refractivity contribution in [2.75, 3.05) is 11.9 Å². The molecule has 4 heteroatoms. The molecule has 0 aliphatic heterocycles. The standard InChI is InChI=1S/C12H19N3S/c1-4-9(5-2)15(3)10-7-6-8-14-11(10)12(13)16/h6-9H,4-5H2,1-3H3,(H2,13,16). The van der Waals surface area contributed by atoms with Crippen LogP contribution in [0.15, 0.2) is 18.3 Å². The molecule has 1 heterocycles. The average molecular weight is 237 g/mol. The van der Waals surface area contributed by atoms with E-state index in [1.807, 2.05) is 12.1 Å². The Balaban J connectivity index is 3.07. The Bertz CT molecular complexity index is 361. The summed E-state index contributed by atoms with van der Waals surface area (Å²) in [7, 11) is 2.07. The van der Waals surface area contributed by atoms with Crippen molar-refractivity contribution in [1.29, 1.82) is 0 Å². The fourth-order valence-corrected chi connectivity index (χ4v) is 2.06. The third kappa shape index (κ3) is 2.70. The van der Waals surface area contributed by atoms with Crippen LogP contribution in [-0.4, -0.2) is 23.1 Å². The van der Waals surface area contributed by atoms with Crippen molar-refractivity contribution < 1.29 is 0 Å². The highest BCUT2D eigenvalue weighted by Gasteiger charge is 2.16. The van der Waals surface area contributed by atoms with Crippen LogP contribution in [0.25, 0.3) is 0 Å². The first-order valence-corrected chi connectivity index (χ1v) is 6.00. The van der Waals surface area contributed by atoms with Gasteiger partial charge in [0.25, 0.3) is 0 Å². The summed E-state index contributed by atoms with van der Waals surface area (Å²) in [5.74, 6) is 0. The lowest BCUT2D eigenvalue weighted by atomic mass is 10.1. The van der Waals surface area contributed by atoms with Crippen LogP contribution < -0.4 is 10.6 Å². The summed E-state index contributed by atoms with van der Waals surface area (Å²) in [5.41, 5.74) is 7.41. The summed E-state index contributed by atoms with van der Waals surface area (Å²) in [4.78, 5) is 6.81. The Kier molecular flexibility index (Phi) is 4.68. The van der Waals surface area contributed by atoms with Gasteiger partial charge in [-0.3, -0.25) is 4.98 Å². The first kappa shape index (κ1) is 12.9. The molecular weight excluding hydrogens is 218 g/mol. The molecule has 0 spiro atoms. The van der Waals surface area contributed by atoms with Crippen molar-refractivity contribution in [3.63, 3.8) is 0 Å². The first-order chi connectivity index (χ1) is 7.61. The molecule has 0 saturated heterocycles. The SMILES string of the molecule is CCC(CC)N(C)c1cccnc1C(N)=S. The van der Waals surface area contributed by atoms with Crippen LogP contribution in [-0.2, 0) is 0 Å².